The highest BCUT2D eigenvalue weighted by Crippen LogP contribution is 2.30. The van der Waals surface area contributed by atoms with Crippen LogP contribution in [0.25, 0.3) is 33.9 Å². The van der Waals surface area contributed by atoms with E-state index in [1.807, 2.05) is 82.6 Å². The number of pyridine rings is 3. The van der Waals surface area contributed by atoms with Gasteiger partial charge in [0, 0.05) is 39.3 Å². The second-order valence-corrected chi connectivity index (χ2v) is 11.6. The van der Waals surface area contributed by atoms with Gasteiger partial charge in [-0.2, -0.15) is 0 Å². The second-order valence-electron chi connectivity index (χ2n) is 11.6. The summed E-state index contributed by atoms with van der Waals surface area (Å²) in [5, 5.41) is 19.4. The van der Waals surface area contributed by atoms with Gasteiger partial charge in [0.1, 0.15) is 5.75 Å². The monoisotopic (exact) mass is 639 g/mol. The van der Waals surface area contributed by atoms with Crippen molar-refractivity contribution in [2.24, 2.45) is 5.73 Å². The number of hydrogen-bond donors (Lipinski definition) is 3. The Bertz CT molecular complexity index is 1570. The van der Waals surface area contributed by atoms with Gasteiger partial charge < -0.3 is 25.6 Å². The number of fused-ring (bicyclic) bond motifs is 8. The second kappa shape index (κ2) is 16.2. The molecule has 0 aliphatic carbocycles. The number of aliphatic carboxylic acids is 2. The topological polar surface area (TPSA) is 158 Å². The van der Waals surface area contributed by atoms with E-state index >= 15 is 0 Å². The zero-order valence-electron chi connectivity index (χ0n) is 26.6. The van der Waals surface area contributed by atoms with Crippen molar-refractivity contribution < 1.29 is 24.5 Å². The molecule has 12 nitrogen and oxygen atoms in total. The molecular formula is C35H41N7O5. The van der Waals surface area contributed by atoms with E-state index in [-0.39, 0.29) is 13.1 Å². The van der Waals surface area contributed by atoms with E-state index in [0.717, 1.165) is 41.2 Å². The molecule has 1 aliphatic rings. The van der Waals surface area contributed by atoms with Crippen LogP contribution in [0.2, 0.25) is 0 Å². The maximum absolute atomic E-state index is 11.9. The lowest BCUT2D eigenvalue weighted by atomic mass is 10.0. The molecule has 0 saturated carbocycles. The van der Waals surface area contributed by atoms with Gasteiger partial charge in [-0.05, 0) is 79.2 Å². The SMILES string of the molecule is COc1ccc(-c2cc3nc(c2)-c2cccc(n2)CN(CC(=O)O)CCN(CCCN)CCN(CC(=O)O)Cc2cccc-3n2)cc1. The number of benzene rings is 1. The molecule has 0 amide bonds. The normalized spacial score (nSPS) is 15.0. The summed E-state index contributed by atoms with van der Waals surface area (Å²) in [5.41, 5.74) is 11.8. The van der Waals surface area contributed by atoms with Crippen LogP contribution >= 0.6 is 0 Å². The Morgan fingerprint density at radius 1 is 0.702 bits per heavy atom. The van der Waals surface area contributed by atoms with Gasteiger partial charge >= 0.3 is 11.9 Å². The van der Waals surface area contributed by atoms with Gasteiger partial charge in [0.2, 0.25) is 0 Å². The molecule has 47 heavy (non-hydrogen) atoms. The quantitative estimate of drug-likeness (QED) is 0.246. The molecule has 0 atom stereocenters. The summed E-state index contributed by atoms with van der Waals surface area (Å²) in [4.78, 5) is 44.5. The van der Waals surface area contributed by atoms with Crippen molar-refractivity contribution >= 4 is 11.9 Å². The van der Waals surface area contributed by atoms with Crippen LogP contribution in [0.3, 0.4) is 0 Å². The minimum absolute atomic E-state index is 0.141. The fourth-order valence-corrected chi connectivity index (χ4v) is 5.65. The van der Waals surface area contributed by atoms with Crippen LogP contribution in [0.15, 0.2) is 72.8 Å². The first-order chi connectivity index (χ1) is 22.8. The Hall–Kier alpha value is -4.75. The molecule has 1 aliphatic heterocycles. The molecule has 4 aromatic rings. The van der Waals surface area contributed by atoms with Crippen LogP contribution in [0.1, 0.15) is 17.8 Å². The van der Waals surface area contributed by atoms with Gasteiger partial charge in [0.25, 0.3) is 0 Å². The van der Waals surface area contributed by atoms with Crippen LogP contribution in [0, 0.1) is 0 Å². The Kier molecular flexibility index (Phi) is 11.6. The molecule has 0 fully saturated rings. The number of carboxylic acids is 2. The fraction of sp³-hybridized carbons (Fsp3) is 0.343. The molecule has 0 saturated heterocycles. The predicted octanol–water partition coefficient (Wildman–Crippen LogP) is 3.32. The summed E-state index contributed by atoms with van der Waals surface area (Å²) in [6, 6.07) is 23.2. The molecule has 4 heterocycles. The van der Waals surface area contributed by atoms with E-state index in [0.29, 0.717) is 68.6 Å². The van der Waals surface area contributed by atoms with E-state index in [4.69, 9.17) is 25.4 Å². The average Bonchev–Trinajstić information content (AvgIpc) is 3.07. The summed E-state index contributed by atoms with van der Waals surface area (Å²) in [6.45, 7) is 3.80. The van der Waals surface area contributed by atoms with Crippen molar-refractivity contribution in [2.75, 3.05) is 59.5 Å². The molecule has 0 radical (unpaired) electrons. The Labute approximate surface area is 274 Å². The fourth-order valence-electron chi connectivity index (χ4n) is 5.65. The van der Waals surface area contributed by atoms with E-state index in [9.17, 15) is 19.8 Å². The molecule has 12 heteroatoms. The molecule has 1 aromatic carbocycles. The maximum atomic E-state index is 11.9. The molecule has 4 N–H and O–H groups in total. The van der Waals surface area contributed by atoms with Gasteiger partial charge in [-0.25, -0.2) is 15.0 Å². The highest BCUT2D eigenvalue weighted by atomic mass is 16.5. The third-order valence-corrected chi connectivity index (χ3v) is 8.02. The van der Waals surface area contributed by atoms with Crippen molar-refractivity contribution in [3.8, 4) is 39.7 Å². The van der Waals surface area contributed by atoms with Gasteiger partial charge in [0.15, 0.2) is 0 Å². The van der Waals surface area contributed by atoms with Crippen LogP contribution < -0.4 is 10.5 Å². The Morgan fingerprint density at radius 3 is 1.68 bits per heavy atom. The van der Waals surface area contributed by atoms with E-state index in [2.05, 4.69) is 4.90 Å². The Morgan fingerprint density at radius 2 is 1.21 bits per heavy atom. The van der Waals surface area contributed by atoms with Crippen LogP contribution in [-0.2, 0) is 22.7 Å². The van der Waals surface area contributed by atoms with E-state index in [1.54, 1.807) is 7.11 Å². The molecule has 0 unspecified atom stereocenters. The van der Waals surface area contributed by atoms with Gasteiger partial charge in [-0.15, -0.1) is 0 Å². The first-order valence-electron chi connectivity index (χ1n) is 15.7. The van der Waals surface area contributed by atoms with E-state index in [1.165, 1.54) is 0 Å². The van der Waals surface area contributed by atoms with E-state index < -0.39 is 11.9 Å². The smallest absolute Gasteiger partial charge is 0.317 e. The summed E-state index contributed by atoms with van der Waals surface area (Å²) in [5.74, 6) is -1.09. The summed E-state index contributed by atoms with van der Waals surface area (Å²) in [7, 11) is 1.63. The number of rotatable bonds is 9. The zero-order chi connectivity index (χ0) is 33.2. The first kappa shape index (κ1) is 33.6. The number of ether oxygens (including phenoxy) is 1. The number of nitrogens with zero attached hydrogens (tertiary/aromatic N) is 6. The van der Waals surface area contributed by atoms with Gasteiger partial charge in [-0.1, -0.05) is 24.3 Å². The van der Waals surface area contributed by atoms with Crippen LogP contribution in [0.5, 0.6) is 5.75 Å². The van der Waals surface area contributed by atoms with Crippen LogP contribution in [-0.4, -0.2) is 111 Å². The molecule has 3 aromatic heterocycles. The summed E-state index contributed by atoms with van der Waals surface area (Å²) in [6.07, 6.45) is 0.772. The molecule has 246 valence electrons. The Balaban J connectivity index is 1.60. The van der Waals surface area contributed by atoms with Crippen molar-refractivity contribution in [2.45, 2.75) is 19.5 Å². The van der Waals surface area contributed by atoms with Gasteiger partial charge in [0.05, 0.1) is 54.4 Å². The number of methoxy groups -OCH3 is 1. The standard InChI is InChI=1S/C35H41N7O5/c1-47-29-11-9-25(10-12-29)26-19-32-30-7-2-5-27(37-30)21-41(23-34(43)44)17-15-40(14-4-13-36)16-18-42(24-35(45)46)22-28-6-3-8-31(38-28)33(20-26)39-32/h2-3,5-12,19-20H,4,13-18,21-24,36H2,1H3,(H,43,44)(H,45,46). The van der Waals surface area contributed by atoms with Gasteiger partial charge in [-0.3, -0.25) is 19.4 Å². The highest BCUT2D eigenvalue weighted by Gasteiger charge is 2.19. The molecule has 0 spiro atoms. The number of nitrogens with two attached hydrogens (primary N) is 1. The van der Waals surface area contributed by atoms with Crippen molar-refractivity contribution in [1.82, 2.24) is 29.7 Å². The third kappa shape index (κ3) is 9.63. The minimum Gasteiger partial charge on any atom is -0.497 e. The summed E-state index contributed by atoms with van der Waals surface area (Å²) < 4.78 is 5.36. The lowest BCUT2D eigenvalue weighted by molar-refractivity contribution is -0.139. The molecule has 5 rings (SSSR count). The van der Waals surface area contributed by atoms with Crippen molar-refractivity contribution in [3.63, 3.8) is 0 Å². The molecule has 6 bridgehead atoms. The maximum Gasteiger partial charge on any atom is 0.317 e. The lowest BCUT2D eigenvalue weighted by Crippen LogP contribution is -2.42. The largest absolute Gasteiger partial charge is 0.497 e. The predicted molar refractivity (Wildman–Crippen MR) is 179 cm³/mol. The first-order valence-corrected chi connectivity index (χ1v) is 15.7. The lowest BCUT2D eigenvalue weighted by Gasteiger charge is -2.29. The zero-order valence-corrected chi connectivity index (χ0v) is 26.6. The average molecular weight is 640 g/mol. The van der Waals surface area contributed by atoms with Crippen LogP contribution in [0.4, 0.5) is 0 Å². The number of carbonyl (C=O) groups is 2. The summed E-state index contributed by atoms with van der Waals surface area (Å²) >= 11 is 0. The number of carboxylic acid groups (broad SMARTS) is 2. The molecular weight excluding hydrogens is 598 g/mol. The number of aromatic nitrogens is 3. The van der Waals surface area contributed by atoms with Crippen molar-refractivity contribution in [3.05, 3.63) is 84.2 Å². The third-order valence-electron chi connectivity index (χ3n) is 8.02. The highest BCUT2D eigenvalue weighted by molar-refractivity contribution is 5.75. The minimum atomic E-state index is -0.920. The van der Waals surface area contributed by atoms with Crippen molar-refractivity contribution in [1.29, 1.82) is 0 Å². The number of hydrogen-bond acceptors (Lipinski definition) is 10.